The maximum absolute atomic E-state index is 14.0. The van der Waals surface area contributed by atoms with Crippen LogP contribution in [0.1, 0.15) is 0 Å². The number of hydrogen-bond donors (Lipinski definition) is 2. The van der Waals surface area contributed by atoms with Crippen LogP contribution in [-0.4, -0.2) is 19.3 Å². The van der Waals surface area contributed by atoms with Crippen molar-refractivity contribution in [2.45, 2.75) is 12.6 Å². The molecule has 42 heavy (non-hydrogen) atoms. The first kappa shape index (κ1) is 28.7. The van der Waals surface area contributed by atoms with Gasteiger partial charge in [0.05, 0.1) is 0 Å². The molecule has 0 bridgehead atoms. The summed E-state index contributed by atoms with van der Waals surface area (Å²) in [6.07, 6.45) is -1.60. The van der Waals surface area contributed by atoms with Crippen LogP contribution in [0.3, 0.4) is 0 Å². The second kappa shape index (κ2) is 12.3. The largest absolute Gasteiger partial charge is 0.491 e. The summed E-state index contributed by atoms with van der Waals surface area (Å²) >= 11 is 0. The van der Waals surface area contributed by atoms with Crippen LogP contribution in [0.25, 0.3) is 0 Å². The fraction of sp³-hybridized carbons (Fsp3) is 0.0690. The zero-order valence-corrected chi connectivity index (χ0v) is 23.8. The number of benzene rings is 4. The van der Waals surface area contributed by atoms with E-state index in [0.717, 1.165) is 0 Å². The minimum absolute atomic E-state index is 0.185. The number of hydrogen-bond acceptors (Lipinski definition) is 9. The van der Waals surface area contributed by atoms with Crippen molar-refractivity contribution in [2.75, 3.05) is 0 Å². The van der Waals surface area contributed by atoms with Crippen molar-refractivity contribution in [1.29, 1.82) is 0 Å². The van der Waals surface area contributed by atoms with Crippen molar-refractivity contribution in [2.24, 2.45) is 0 Å². The Morgan fingerprint density at radius 2 is 0.714 bits per heavy atom. The molecule has 1 heterocycles. The molecule has 0 spiro atoms. The Morgan fingerprint density at radius 1 is 0.476 bits per heavy atom. The first-order valence-corrected chi connectivity index (χ1v) is 16.1. The summed E-state index contributed by atoms with van der Waals surface area (Å²) in [5, 5.41) is 21.5. The van der Waals surface area contributed by atoms with Gasteiger partial charge in [-0.1, -0.05) is 72.8 Å². The fourth-order valence-corrected chi connectivity index (χ4v) is 7.17. The Bertz CT molecular complexity index is 1560. The lowest BCUT2D eigenvalue weighted by Crippen LogP contribution is -2.26. The van der Waals surface area contributed by atoms with Crippen LogP contribution < -0.4 is 23.8 Å². The summed E-state index contributed by atoms with van der Waals surface area (Å²) in [4.78, 5) is 13.5. The highest BCUT2D eigenvalue weighted by Crippen LogP contribution is 2.53. The third kappa shape index (κ3) is 6.89. The highest BCUT2D eigenvalue weighted by atomic mass is 31.2. The molecule has 0 aliphatic rings. The van der Waals surface area contributed by atoms with Gasteiger partial charge >= 0.3 is 20.9 Å². The van der Waals surface area contributed by atoms with Gasteiger partial charge in [0, 0.05) is 0 Å². The Hall–Kier alpha value is -4.85. The molecule has 13 heteroatoms. The van der Waals surface area contributed by atoms with Gasteiger partial charge in [0.2, 0.25) is 0 Å². The standard InChI is InChI=1S/C29H26N2O9P2/c32-27-28(33)31(22-42(36,39-25-17-9-3-10-18-25)40-26-19-11-4-12-20-26)29(34)30(27)21-41(35,37-23-13-5-1-6-14-23)38-24-15-7-2-8-16-24/h1-20,32-33H,21-22H2. The van der Waals surface area contributed by atoms with Crippen molar-refractivity contribution in [1.82, 2.24) is 9.13 Å². The topological polar surface area (TPSA) is 138 Å². The molecule has 0 saturated carbocycles. The Morgan fingerprint density at radius 3 is 0.952 bits per heavy atom. The van der Waals surface area contributed by atoms with Crippen LogP contribution in [-0.2, 0) is 21.7 Å². The molecular formula is C29H26N2O9P2. The maximum atomic E-state index is 14.0. The zero-order valence-electron chi connectivity index (χ0n) is 22.0. The molecule has 0 fully saturated rings. The molecule has 4 aromatic carbocycles. The van der Waals surface area contributed by atoms with E-state index in [-0.39, 0.29) is 23.0 Å². The molecule has 0 aliphatic carbocycles. The first-order valence-electron chi connectivity index (χ1n) is 12.6. The van der Waals surface area contributed by atoms with Gasteiger partial charge in [-0.3, -0.25) is 0 Å². The van der Waals surface area contributed by atoms with E-state index in [2.05, 4.69) is 0 Å². The summed E-state index contributed by atoms with van der Waals surface area (Å²) in [7, 11) is -8.52. The lowest BCUT2D eigenvalue weighted by Gasteiger charge is -2.21. The van der Waals surface area contributed by atoms with E-state index in [4.69, 9.17) is 18.1 Å². The average Bonchev–Trinajstić information content (AvgIpc) is 3.17. The van der Waals surface area contributed by atoms with E-state index in [1.54, 1.807) is 121 Å². The molecule has 5 rings (SSSR count). The quantitative estimate of drug-likeness (QED) is 0.149. The van der Waals surface area contributed by atoms with Crippen molar-refractivity contribution in [3.63, 3.8) is 0 Å². The second-order valence-corrected chi connectivity index (χ2v) is 12.6. The molecule has 0 saturated heterocycles. The predicted molar refractivity (Wildman–Crippen MR) is 156 cm³/mol. The van der Waals surface area contributed by atoms with E-state index >= 15 is 0 Å². The van der Waals surface area contributed by atoms with E-state index < -0.39 is 45.2 Å². The van der Waals surface area contributed by atoms with Crippen molar-refractivity contribution in [3.05, 3.63) is 132 Å². The Balaban J connectivity index is 1.50. The van der Waals surface area contributed by atoms with Gasteiger partial charge in [-0.05, 0) is 48.5 Å². The van der Waals surface area contributed by atoms with Gasteiger partial charge in [0.25, 0.3) is 11.8 Å². The van der Waals surface area contributed by atoms with E-state index in [0.29, 0.717) is 9.13 Å². The van der Waals surface area contributed by atoms with Gasteiger partial charge in [-0.2, -0.15) is 0 Å². The molecule has 0 unspecified atom stereocenters. The zero-order chi connectivity index (χ0) is 29.6. The summed E-state index contributed by atoms with van der Waals surface area (Å²) in [5.74, 6) is -1.15. The summed E-state index contributed by atoms with van der Waals surface area (Å²) in [6, 6.07) is 32.6. The number of rotatable bonds is 12. The third-order valence-corrected chi connectivity index (χ3v) is 8.97. The van der Waals surface area contributed by atoms with Crippen molar-refractivity contribution in [3.8, 4) is 34.8 Å². The minimum Gasteiger partial charge on any atom is -0.491 e. The number of imidazole rings is 1. The summed E-state index contributed by atoms with van der Waals surface area (Å²) in [6.45, 7) is 0. The van der Waals surface area contributed by atoms with Crippen LogP contribution in [0.5, 0.6) is 34.8 Å². The third-order valence-electron chi connectivity index (χ3n) is 5.75. The van der Waals surface area contributed by atoms with Crippen LogP contribution in [0.15, 0.2) is 126 Å². The van der Waals surface area contributed by atoms with Crippen molar-refractivity contribution >= 4 is 15.2 Å². The van der Waals surface area contributed by atoms with Gasteiger partial charge in [0.1, 0.15) is 23.0 Å². The number of nitrogens with zero attached hydrogens (tertiary/aromatic N) is 2. The number of para-hydroxylation sites is 4. The van der Waals surface area contributed by atoms with Gasteiger partial charge in [-0.25, -0.2) is 23.1 Å². The van der Waals surface area contributed by atoms with Crippen LogP contribution in [0.4, 0.5) is 0 Å². The van der Waals surface area contributed by atoms with Gasteiger partial charge in [-0.15, -0.1) is 0 Å². The molecule has 0 aliphatic heterocycles. The molecule has 0 atom stereocenters. The van der Waals surface area contributed by atoms with Crippen LogP contribution in [0.2, 0.25) is 0 Å². The minimum atomic E-state index is -4.26. The van der Waals surface area contributed by atoms with Crippen molar-refractivity contribution < 1.29 is 37.4 Å². The second-order valence-electron chi connectivity index (χ2n) is 8.91. The molecule has 2 N–H and O–H groups in total. The highest BCUT2D eigenvalue weighted by molar-refractivity contribution is 7.53. The van der Waals surface area contributed by atoms with Crippen LogP contribution >= 0.6 is 15.2 Å². The normalized spacial score (nSPS) is 11.5. The summed E-state index contributed by atoms with van der Waals surface area (Å²) < 4.78 is 52.0. The SMILES string of the molecule is O=c1n(CP(=O)(Oc2ccccc2)Oc2ccccc2)c(O)c(O)n1CP(=O)(Oc1ccccc1)Oc1ccccc1. The monoisotopic (exact) mass is 608 g/mol. The van der Waals surface area contributed by atoms with Gasteiger partial charge in [0.15, 0.2) is 12.6 Å². The Labute approximate surface area is 240 Å². The molecule has 11 nitrogen and oxygen atoms in total. The Kier molecular flexibility index (Phi) is 8.43. The smallest absolute Gasteiger partial charge is 0.450 e. The molecule has 0 amide bonds. The molecule has 216 valence electrons. The van der Waals surface area contributed by atoms with E-state index in [9.17, 15) is 24.1 Å². The number of aromatic nitrogens is 2. The average molecular weight is 608 g/mol. The summed E-state index contributed by atoms with van der Waals surface area (Å²) in [5.41, 5.74) is -1.06. The number of aromatic hydroxyl groups is 2. The molecule has 1 aromatic heterocycles. The van der Waals surface area contributed by atoms with Gasteiger partial charge < -0.3 is 28.3 Å². The maximum Gasteiger partial charge on any atom is 0.450 e. The van der Waals surface area contributed by atoms with E-state index in [1.807, 2.05) is 0 Å². The lowest BCUT2D eigenvalue weighted by atomic mass is 10.3. The van der Waals surface area contributed by atoms with E-state index in [1.165, 1.54) is 0 Å². The predicted octanol–water partition coefficient (Wildman–Crippen LogP) is 6.68. The molecule has 0 radical (unpaired) electrons. The fourth-order valence-electron chi connectivity index (χ4n) is 3.89. The highest BCUT2D eigenvalue weighted by Gasteiger charge is 2.37. The lowest BCUT2D eigenvalue weighted by molar-refractivity contribution is 0.344. The van der Waals surface area contributed by atoms with Crippen LogP contribution in [0, 0.1) is 0 Å². The first-order chi connectivity index (χ1) is 20.2. The molecular weight excluding hydrogens is 582 g/mol. The molecule has 5 aromatic rings.